The first kappa shape index (κ1) is 26.4. The van der Waals surface area contributed by atoms with Crippen LogP contribution in [-0.4, -0.2) is 9.55 Å². The molecule has 46 heavy (non-hydrogen) atoms. The lowest BCUT2D eigenvalue weighted by molar-refractivity contribution is -0.633. The Kier molecular flexibility index (Phi) is 5.90. The third-order valence-electron chi connectivity index (χ3n) is 9.27. The highest BCUT2D eigenvalue weighted by Gasteiger charge is 2.30. The van der Waals surface area contributed by atoms with Gasteiger partial charge in [-0.05, 0) is 65.1 Å². The fraction of sp³-hybridized carbons (Fsp3) is 0.0476. The number of para-hydroxylation sites is 2. The van der Waals surface area contributed by atoms with E-state index in [1.165, 1.54) is 22.3 Å². The van der Waals surface area contributed by atoms with Crippen LogP contribution in [0.1, 0.15) is 5.56 Å². The third-order valence-corrected chi connectivity index (χ3v) is 9.27. The lowest BCUT2D eigenvalue weighted by atomic mass is 10.00. The molecular weight excluding hydrogens is 562 g/mol. The second-order valence-corrected chi connectivity index (χ2v) is 12.0. The van der Waals surface area contributed by atoms with Crippen LogP contribution in [0.2, 0.25) is 0 Å². The first-order valence-corrected chi connectivity index (χ1v) is 15.6. The van der Waals surface area contributed by atoms with Crippen LogP contribution in [0.4, 0.5) is 0 Å². The molecule has 0 saturated carbocycles. The molecule has 0 bridgehead atoms. The Hall–Kier alpha value is -6.00. The number of aromatic nitrogens is 3. The summed E-state index contributed by atoms with van der Waals surface area (Å²) in [4.78, 5) is 4.86. The van der Waals surface area contributed by atoms with Gasteiger partial charge in [0.05, 0.1) is 7.05 Å². The molecule has 9 rings (SSSR count). The maximum atomic E-state index is 6.80. The molecule has 9 aromatic rings. The molecule has 0 radical (unpaired) electrons. The monoisotopic (exact) mass is 592 g/mol. The molecule has 0 atom stereocenters. The molecule has 0 amide bonds. The average molecular weight is 593 g/mol. The van der Waals surface area contributed by atoms with Gasteiger partial charge in [0.15, 0.2) is 22.2 Å². The number of pyridine rings is 1. The van der Waals surface area contributed by atoms with E-state index in [1.54, 1.807) is 0 Å². The van der Waals surface area contributed by atoms with Gasteiger partial charge in [0.25, 0.3) is 5.82 Å². The molecule has 0 spiro atoms. The molecule has 218 valence electrons. The normalized spacial score (nSPS) is 11.7. The van der Waals surface area contributed by atoms with Crippen LogP contribution in [0.5, 0.6) is 0 Å². The highest BCUT2D eigenvalue weighted by atomic mass is 16.3. The zero-order valence-electron chi connectivity index (χ0n) is 25.6. The minimum absolute atomic E-state index is 0.827. The Morgan fingerprint density at radius 3 is 1.98 bits per heavy atom. The highest BCUT2D eigenvalue weighted by Crippen LogP contribution is 2.40. The second kappa shape index (κ2) is 10.3. The predicted molar refractivity (Wildman–Crippen MR) is 188 cm³/mol. The van der Waals surface area contributed by atoms with E-state index in [1.807, 2.05) is 12.3 Å². The number of hydrogen-bond donors (Lipinski definition) is 0. The van der Waals surface area contributed by atoms with Crippen molar-refractivity contribution in [1.82, 2.24) is 9.55 Å². The zero-order chi connectivity index (χ0) is 30.8. The summed E-state index contributed by atoms with van der Waals surface area (Å²) in [6.45, 7) is 2.16. The van der Waals surface area contributed by atoms with E-state index in [2.05, 4.69) is 157 Å². The molecule has 4 heteroatoms. The lowest BCUT2D eigenvalue weighted by Gasteiger charge is -2.09. The van der Waals surface area contributed by atoms with Crippen molar-refractivity contribution in [2.75, 3.05) is 0 Å². The molecular formula is C42H30N3O+. The number of fused-ring (bicyclic) bond motifs is 6. The predicted octanol–water partition coefficient (Wildman–Crippen LogP) is 10.2. The number of hydrogen-bond acceptors (Lipinski definition) is 2. The van der Waals surface area contributed by atoms with Crippen LogP contribution in [0.15, 0.2) is 150 Å². The van der Waals surface area contributed by atoms with Gasteiger partial charge in [0.1, 0.15) is 16.8 Å². The molecule has 0 aliphatic carbocycles. The molecule has 3 heterocycles. The van der Waals surface area contributed by atoms with Crippen LogP contribution in [0.25, 0.3) is 83.2 Å². The standard InChI is InChI=1S/C42H30N3O/c1-27-16-25-35-39-41(34-13-7-6-12-32(34)26-43-39)46-40(35)38(27)42-44(2)36-14-8-9-15-37(36)45(42)33-23-21-31(22-24-33)30-19-17-29(18-20-30)28-10-4-3-5-11-28/h3-26H,1-2H3/q+1. The summed E-state index contributed by atoms with van der Waals surface area (Å²) in [6, 6.07) is 49.4. The highest BCUT2D eigenvalue weighted by molar-refractivity contribution is 6.15. The van der Waals surface area contributed by atoms with E-state index >= 15 is 0 Å². The van der Waals surface area contributed by atoms with Crippen molar-refractivity contribution in [1.29, 1.82) is 0 Å². The summed E-state index contributed by atoms with van der Waals surface area (Å²) in [5.74, 6) is 1.06. The zero-order valence-corrected chi connectivity index (χ0v) is 25.6. The molecule has 6 aromatic carbocycles. The van der Waals surface area contributed by atoms with Gasteiger partial charge in [-0.2, -0.15) is 4.57 Å². The Labute approximate surface area is 266 Å². The Morgan fingerprint density at radius 1 is 0.587 bits per heavy atom. The summed E-state index contributed by atoms with van der Waals surface area (Å²) >= 11 is 0. The van der Waals surface area contributed by atoms with Gasteiger partial charge in [-0.3, -0.25) is 4.98 Å². The van der Waals surface area contributed by atoms with E-state index < -0.39 is 0 Å². The van der Waals surface area contributed by atoms with Crippen LogP contribution >= 0.6 is 0 Å². The van der Waals surface area contributed by atoms with Crippen LogP contribution in [-0.2, 0) is 7.05 Å². The lowest BCUT2D eigenvalue weighted by Crippen LogP contribution is -2.30. The van der Waals surface area contributed by atoms with E-state index in [-0.39, 0.29) is 0 Å². The number of furan rings is 1. The SMILES string of the molecule is Cc1ccc2c(oc3c4ccccc4cnc23)c1-c1n(-c2ccc(-c3ccc(-c4ccccc4)cc3)cc2)c2ccccc2[n+]1C. The van der Waals surface area contributed by atoms with Crippen LogP contribution < -0.4 is 4.57 Å². The van der Waals surface area contributed by atoms with Gasteiger partial charge in [-0.15, -0.1) is 0 Å². The maximum Gasteiger partial charge on any atom is 0.298 e. The number of imidazole rings is 1. The quantitative estimate of drug-likeness (QED) is 0.191. The number of nitrogens with zero attached hydrogens (tertiary/aromatic N) is 3. The molecule has 0 saturated heterocycles. The number of rotatable bonds is 4. The first-order valence-electron chi connectivity index (χ1n) is 15.6. The summed E-state index contributed by atoms with van der Waals surface area (Å²) in [7, 11) is 2.14. The molecule has 3 aromatic heterocycles. The van der Waals surface area contributed by atoms with Crippen molar-refractivity contribution in [3.05, 3.63) is 151 Å². The largest absolute Gasteiger partial charge is 0.453 e. The van der Waals surface area contributed by atoms with Crippen molar-refractivity contribution < 1.29 is 8.98 Å². The molecule has 0 aliphatic rings. The topological polar surface area (TPSA) is 34.8 Å². The Bertz CT molecular complexity index is 2570. The van der Waals surface area contributed by atoms with Gasteiger partial charge < -0.3 is 4.42 Å². The number of aryl methyl sites for hydroxylation is 2. The molecule has 0 fully saturated rings. The van der Waals surface area contributed by atoms with Gasteiger partial charge in [-0.25, -0.2) is 4.57 Å². The fourth-order valence-electron chi connectivity index (χ4n) is 6.93. The number of benzene rings is 6. The van der Waals surface area contributed by atoms with Crippen molar-refractivity contribution >= 4 is 43.9 Å². The third kappa shape index (κ3) is 4.00. The van der Waals surface area contributed by atoms with E-state index in [0.717, 1.165) is 66.5 Å². The summed E-state index contributed by atoms with van der Waals surface area (Å²) < 4.78 is 11.4. The van der Waals surface area contributed by atoms with Crippen LogP contribution in [0, 0.1) is 6.92 Å². The van der Waals surface area contributed by atoms with Gasteiger partial charge in [0, 0.05) is 22.4 Å². The molecule has 0 N–H and O–H groups in total. The fourth-order valence-corrected chi connectivity index (χ4v) is 6.93. The summed E-state index contributed by atoms with van der Waals surface area (Å²) in [6.07, 6.45) is 1.94. The van der Waals surface area contributed by atoms with Crippen molar-refractivity contribution in [3.8, 4) is 39.3 Å². The Balaban J connectivity index is 1.22. The molecule has 0 aliphatic heterocycles. The summed E-state index contributed by atoms with van der Waals surface area (Å²) in [5.41, 5.74) is 13.0. The molecule has 0 unspecified atom stereocenters. The smallest absolute Gasteiger partial charge is 0.298 e. The minimum Gasteiger partial charge on any atom is -0.453 e. The maximum absolute atomic E-state index is 6.80. The van der Waals surface area contributed by atoms with Crippen molar-refractivity contribution in [2.24, 2.45) is 7.05 Å². The Morgan fingerprint density at radius 2 is 1.22 bits per heavy atom. The van der Waals surface area contributed by atoms with E-state index in [4.69, 9.17) is 9.40 Å². The van der Waals surface area contributed by atoms with Crippen LogP contribution in [0.3, 0.4) is 0 Å². The van der Waals surface area contributed by atoms with Gasteiger partial charge >= 0.3 is 0 Å². The van der Waals surface area contributed by atoms with Gasteiger partial charge in [0.2, 0.25) is 0 Å². The van der Waals surface area contributed by atoms with E-state index in [0.29, 0.717) is 0 Å². The minimum atomic E-state index is 0.827. The van der Waals surface area contributed by atoms with Crippen molar-refractivity contribution in [3.63, 3.8) is 0 Å². The molecule has 4 nitrogen and oxygen atoms in total. The second-order valence-electron chi connectivity index (χ2n) is 12.0. The van der Waals surface area contributed by atoms with Gasteiger partial charge in [-0.1, -0.05) is 109 Å². The summed E-state index contributed by atoms with van der Waals surface area (Å²) in [5, 5.41) is 3.17. The van der Waals surface area contributed by atoms with E-state index in [9.17, 15) is 0 Å². The average Bonchev–Trinajstić information content (AvgIpc) is 3.64. The van der Waals surface area contributed by atoms with Crippen molar-refractivity contribution in [2.45, 2.75) is 6.92 Å². The first-order chi connectivity index (χ1) is 22.7.